The second-order valence-corrected chi connectivity index (χ2v) is 10.8. The highest BCUT2D eigenvalue weighted by Crippen LogP contribution is 2.36. The number of nitriles is 1. The van der Waals surface area contributed by atoms with Gasteiger partial charge < -0.3 is 25.6 Å². The first-order valence-electron chi connectivity index (χ1n) is 13.6. The highest BCUT2D eigenvalue weighted by molar-refractivity contribution is 5.81. The fourth-order valence-electron chi connectivity index (χ4n) is 5.08. The SMILES string of the molecule is CC(C)(O)Cn1nccc1-c1ccc2cc1N[C@H](CO)c1ccccc1OCCCCc1cc(ccc1C#N)N2. The van der Waals surface area contributed by atoms with E-state index in [1.54, 1.807) is 24.7 Å². The largest absolute Gasteiger partial charge is 0.493 e. The third-order valence-electron chi connectivity index (χ3n) is 6.97. The van der Waals surface area contributed by atoms with Crippen LogP contribution in [-0.4, -0.2) is 38.8 Å². The molecule has 0 saturated carbocycles. The van der Waals surface area contributed by atoms with Crippen LogP contribution in [0.15, 0.2) is 72.9 Å². The molecule has 1 atom stereocenters. The average molecular weight is 538 g/mol. The van der Waals surface area contributed by atoms with E-state index in [-0.39, 0.29) is 6.61 Å². The van der Waals surface area contributed by atoms with Crippen LogP contribution in [0.5, 0.6) is 5.75 Å². The van der Waals surface area contributed by atoms with E-state index in [0.29, 0.717) is 18.7 Å². The summed E-state index contributed by atoms with van der Waals surface area (Å²) in [5.74, 6) is 0.726. The van der Waals surface area contributed by atoms with Crippen molar-refractivity contribution >= 4 is 17.1 Å². The lowest BCUT2D eigenvalue weighted by Crippen LogP contribution is -2.27. The van der Waals surface area contributed by atoms with Crippen LogP contribution in [0, 0.1) is 11.3 Å². The van der Waals surface area contributed by atoms with Gasteiger partial charge in [0.1, 0.15) is 5.75 Å². The number of anilines is 3. The van der Waals surface area contributed by atoms with Crippen molar-refractivity contribution in [1.82, 2.24) is 9.78 Å². The van der Waals surface area contributed by atoms with Crippen LogP contribution in [0.25, 0.3) is 11.3 Å². The summed E-state index contributed by atoms with van der Waals surface area (Å²) in [6.07, 6.45) is 4.22. The summed E-state index contributed by atoms with van der Waals surface area (Å²) in [7, 11) is 0. The van der Waals surface area contributed by atoms with Gasteiger partial charge in [0.05, 0.1) is 48.7 Å². The van der Waals surface area contributed by atoms with Gasteiger partial charge in [-0.05, 0) is 87.2 Å². The smallest absolute Gasteiger partial charge is 0.124 e. The van der Waals surface area contributed by atoms with Gasteiger partial charge in [-0.15, -0.1) is 0 Å². The fourth-order valence-corrected chi connectivity index (χ4v) is 5.08. The van der Waals surface area contributed by atoms with Gasteiger partial charge in [0, 0.05) is 34.4 Å². The number of benzene rings is 3. The molecule has 206 valence electrons. The minimum Gasteiger partial charge on any atom is -0.493 e. The summed E-state index contributed by atoms with van der Waals surface area (Å²) in [6, 6.07) is 23.4. The van der Waals surface area contributed by atoms with Gasteiger partial charge in [0.25, 0.3) is 0 Å². The minimum atomic E-state index is -0.946. The molecule has 4 N–H and O–H groups in total. The second-order valence-electron chi connectivity index (χ2n) is 10.8. The zero-order chi connectivity index (χ0) is 28.1. The van der Waals surface area contributed by atoms with Gasteiger partial charge in [-0.1, -0.05) is 18.2 Å². The average Bonchev–Trinajstić information content (AvgIpc) is 3.38. The molecule has 40 heavy (non-hydrogen) atoms. The number of aromatic nitrogens is 2. The molecular weight excluding hydrogens is 502 g/mol. The standard InChI is InChI=1S/C32H35N5O3/c1-32(2,39)21-37-30(14-15-34-37)26-13-12-25-18-28(26)36-29(20-38)27-8-3-4-9-31(27)40-16-6-5-7-22-17-24(35-25)11-10-23(22)19-33/h3-4,8-15,17-18,29,35-36,38-39H,5-7,16,20-21H2,1-2H3/t29-/m1/s1. The van der Waals surface area contributed by atoms with Crippen LogP contribution in [-0.2, 0) is 13.0 Å². The fraction of sp³-hybridized carbons (Fsp3) is 0.312. The molecule has 2 heterocycles. The van der Waals surface area contributed by atoms with E-state index in [9.17, 15) is 15.5 Å². The van der Waals surface area contributed by atoms with E-state index in [0.717, 1.165) is 64.5 Å². The van der Waals surface area contributed by atoms with E-state index in [4.69, 9.17) is 4.74 Å². The Morgan fingerprint density at radius 2 is 1.88 bits per heavy atom. The van der Waals surface area contributed by atoms with Crippen molar-refractivity contribution in [3.63, 3.8) is 0 Å². The van der Waals surface area contributed by atoms with Crippen LogP contribution in [0.1, 0.15) is 49.4 Å². The van der Waals surface area contributed by atoms with Gasteiger partial charge in [-0.2, -0.15) is 10.4 Å². The Hall–Kier alpha value is -4.32. The normalized spacial score (nSPS) is 15.6. The van der Waals surface area contributed by atoms with Crippen molar-refractivity contribution < 1.29 is 14.9 Å². The van der Waals surface area contributed by atoms with Crippen molar-refractivity contribution in [1.29, 1.82) is 5.26 Å². The zero-order valence-corrected chi connectivity index (χ0v) is 22.9. The molecule has 0 saturated heterocycles. The minimum absolute atomic E-state index is 0.139. The highest BCUT2D eigenvalue weighted by Gasteiger charge is 2.21. The van der Waals surface area contributed by atoms with Gasteiger partial charge in [-0.25, -0.2) is 0 Å². The number of fused-ring (bicyclic) bond motifs is 5. The molecule has 4 bridgehead atoms. The van der Waals surface area contributed by atoms with Crippen molar-refractivity contribution in [2.45, 2.75) is 51.3 Å². The maximum atomic E-state index is 10.5. The van der Waals surface area contributed by atoms with E-state index in [1.165, 1.54) is 0 Å². The molecular formula is C32H35N5O3. The van der Waals surface area contributed by atoms with E-state index in [1.807, 2.05) is 66.7 Å². The Labute approximate surface area is 234 Å². The molecule has 1 aliphatic rings. The van der Waals surface area contributed by atoms with Gasteiger partial charge >= 0.3 is 0 Å². The Morgan fingerprint density at radius 1 is 1.07 bits per heavy atom. The third-order valence-corrected chi connectivity index (χ3v) is 6.97. The zero-order valence-electron chi connectivity index (χ0n) is 22.9. The molecule has 3 aromatic carbocycles. The number of aliphatic hydroxyl groups is 2. The highest BCUT2D eigenvalue weighted by atomic mass is 16.5. The number of aliphatic hydroxyl groups excluding tert-OH is 1. The molecule has 8 heteroatoms. The summed E-state index contributed by atoms with van der Waals surface area (Å²) in [6.45, 7) is 4.22. The molecule has 0 aliphatic carbocycles. The molecule has 4 aromatic rings. The van der Waals surface area contributed by atoms with Crippen LogP contribution in [0.2, 0.25) is 0 Å². The van der Waals surface area contributed by atoms with Crippen LogP contribution in [0.3, 0.4) is 0 Å². The lowest BCUT2D eigenvalue weighted by molar-refractivity contribution is 0.0583. The Bertz CT molecular complexity index is 1520. The summed E-state index contributed by atoms with van der Waals surface area (Å²) in [5.41, 5.74) is 5.86. The van der Waals surface area contributed by atoms with E-state index < -0.39 is 11.6 Å². The topological polar surface area (TPSA) is 115 Å². The molecule has 0 amide bonds. The molecule has 8 nitrogen and oxygen atoms in total. The van der Waals surface area contributed by atoms with Gasteiger partial charge in [-0.3, -0.25) is 4.68 Å². The first-order chi connectivity index (χ1) is 19.3. The second kappa shape index (κ2) is 11.8. The van der Waals surface area contributed by atoms with Gasteiger partial charge in [0.15, 0.2) is 0 Å². The molecule has 0 unspecified atom stereocenters. The molecule has 5 rings (SSSR count). The number of nitrogens with zero attached hydrogens (tertiary/aromatic N) is 3. The summed E-state index contributed by atoms with van der Waals surface area (Å²) in [4.78, 5) is 0. The molecule has 0 fully saturated rings. The van der Waals surface area contributed by atoms with Crippen molar-refractivity contribution in [3.8, 4) is 23.1 Å². The lowest BCUT2D eigenvalue weighted by Gasteiger charge is -2.25. The van der Waals surface area contributed by atoms with E-state index >= 15 is 0 Å². The van der Waals surface area contributed by atoms with Crippen molar-refractivity contribution in [3.05, 3.63) is 89.6 Å². The predicted octanol–water partition coefficient (Wildman–Crippen LogP) is 5.80. The number of aryl methyl sites for hydroxylation is 1. The molecule has 0 spiro atoms. The third kappa shape index (κ3) is 6.28. The number of para-hydroxylation sites is 1. The lowest BCUT2D eigenvalue weighted by atomic mass is 10.0. The summed E-state index contributed by atoms with van der Waals surface area (Å²) < 4.78 is 7.98. The number of hydrogen-bond donors (Lipinski definition) is 4. The summed E-state index contributed by atoms with van der Waals surface area (Å²) >= 11 is 0. The van der Waals surface area contributed by atoms with Crippen molar-refractivity contribution in [2.75, 3.05) is 23.8 Å². The van der Waals surface area contributed by atoms with Crippen LogP contribution in [0.4, 0.5) is 17.1 Å². The number of hydrogen-bond acceptors (Lipinski definition) is 7. The first kappa shape index (κ1) is 27.3. The number of ether oxygens (including phenoxy) is 1. The molecule has 1 aromatic heterocycles. The van der Waals surface area contributed by atoms with Crippen LogP contribution < -0.4 is 15.4 Å². The Balaban J connectivity index is 1.62. The maximum Gasteiger partial charge on any atom is 0.124 e. The monoisotopic (exact) mass is 537 g/mol. The number of nitrogens with one attached hydrogen (secondary N) is 2. The summed E-state index contributed by atoms with van der Waals surface area (Å²) in [5, 5.41) is 42.2. The maximum absolute atomic E-state index is 10.5. The van der Waals surface area contributed by atoms with Gasteiger partial charge in [0.2, 0.25) is 0 Å². The van der Waals surface area contributed by atoms with Crippen LogP contribution >= 0.6 is 0 Å². The Morgan fingerprint density at radius 3 is 2.67 bits per heavy atom. The number of rotatable bonds is 4. The predicted molar refractivity (Wildman–Crippen MR) is 157 cm³/mol. The molecule has 0 radical (unpaired) electrons. The van der Waals surface area contributed by atoms with E-state index in [2.05, 4.69) is 21.8 Å². The first-order valence-corrected chi connectivity index (χ1v) is 13.6. The molecule has 1 aliphatic heterocycles. The Kier molecular flexibility index (Phi) is 8.06. The quantitative estimate of drug-likeness (QED) is 0.260. The van der Waals surface area contributed by atoms with Crippen molar-refractivity contribution in [2.24, 2.45) is 0 Å².